The lowest BCUT2D eigenvalue weighted by Gasteiger charge is -2.34. The van der Waals surface area contributed by atoms with E-state index in [2.05, 4.69) is 0 Å². The molecule has 1 aliphatic carbocycles. The van der Waals surface area contributed by atoms with Crippen molar-refractivity contribution in [3.63, 3.8) is 0 Å². The van der Waals surface area contributed by atoms with E-state index < -0.39 is 24.1 Å². The molecule has 1 saturated carbocycles. The molecule has 1 rings (SSSR count). The number of aliphatic hydroxyl groups is 2. The molecule has 0 heterocycles. The zero-order chi connectivity index (χ0) is 10.0. The van der Waals surface area contributed by atoms with Crippen molar-refractivity contribution in [2.75, 3.05) is 6.54 Å². The van der Waals surface area contributed by atoms with E-state index in [1.54, 1.807) is 0 Å². The highest BCUT2D eigenvalue weighted by atomic mass is 16.4. The van der Waals surface area contributed by atoms with Gasteiger partial charge in [-0.1, -0.05) is 0 Å². The molecule has 0 aromatic heterocycles. The summed E-state index contributed by atoms with van der Waals surface area (Å²) in [4.78, 5) is 10.6. The second-order valence-electron chi connectivity index (χ2n) is 3.56. The van der Waals surface area contributed by atoms with Crippen LogP contribution in [0, 0.1) is 11.8 Å². The summed E-state index contributed by atoms with van der Waals surface area (Å²) in [6.07, 6.45) is -1.36. The molecule has 5 heteroatoms. The van der Waals surface area contributed by atoms with Gasteiger partial charge in [-0.25, -0.2) is 0 Å². The molecular formula is C8H15NO4. The van der Waals surface area contributed by atoms with Crippen LogP contribution in [-0.2, 0) is 4.79 Å². The number of aliphatic hydroxyl groups excluding tert-OH is 2. The summed E-state index contributed by atoms with van der Waals surface area (Å²) in [6.45, 7) is 0.210. The minimum Gasteiger partial charge on any atom is -0.481 e. The first-order chi connectivity index (χ1) is 6.06. The highest BCUT2D eigenvalue weighted by Gasteiger charge is 2.37. The van der Waals surface area contributed by atoms with Gasteiger partial charge in [-0.05, 0) is 19.4 Å². The Kier molecular flexibility index (Phi) is 3.24. The predicted octanol–water partition coefficient (Wildman–Crippen LogP) is -1.22. The monoisotopic (exact) mass is 189 g/mol. The van der Waals surface area contributed by atoms with Crippen LogP contribution >= 0.6 is 0 Å². The average molecular weight is 189 g/mol. The van der Waals surface area contributed by atoms with Gasteiger partial charge in [-0.2, -0.15) is 0 Å². The largest absolute Gasteiger partial charge is 0.481 e. The molecule has 0 amide bonds. The lowest BCUT2D eigenvalue weighted by atomic mass is 9.78. The molecule has 5 N–H and O–H groups in total. The summed E-state index contributed by atoms with van der Waals surface area (Å²) < 4.78 is 0. The summed E-state index contributed by atoms with van der Waals surface area (Å²) in [5, 5.41) is 27.5. The second kappa shape index (κ2) is 4.04. The average Bonchev–Trinajstić information content (AvgIpc) is 2.09. The fourth-order valence-corrected chi connectivity index (χ4v) is 1.78. The number of carboxylic acid groups (broad SMARTS) is 1. The maximum absolute atomic E-state index is 10.6. The summed E-state index contributed by atoms with van der Waals surface area (Å²) in [5.74, 6) is -1.80. The normalized spacial score (nSPS) is 40.2. The third kappa shape index (κ3) is 2.18. The minimum absolute atomic E-state index is 0.118. The van der Waals surface area contributed by atoms with E-state index in [0.717, 1.165) is 0 Å². The van der Waals surface area contributed by atoms with Gasteiger partial charge >= 0.3 is 5.97 Å². The number of hydrogen-bond acceptors (Lipinski definition) is 4. The van der Waals surface area contributed by atoms with Gasteiger partial charge in [0.2, 0.25) is 0 Å². The highest BCUT2D eigenvalue weighted by molar-refractivity contribution is 5.70. The van der Waals surface area contributed by atoms with Crippen LogP contribution in [0.15, 0.2) is 0 Å². The van der Waals surface area contributed by atoms with Crippen LogP contribution < -0.4 is 5.73 Å². The van der Waals surface area contributed by atoms with E-state index in [1.807, 2.05) is 0 Å². The number of aliphatic carboxylic acids is 1. The van der Waals surface area contributed by atoms with E-state index in [1.165, 1.54) is 0 Å². The zero-order valence-corrected chi connectivity index (χ0v) is 7.26. The van der Waals surface area contributed by atoms with Crippen molar-refractivity contribution in [3.05, 3.63) is 0 Å². The lowest BCUT2D eigenvalue weighted by molar-refractivity contribution is -0.148. The molecule has 0 saturated heterocycles. The molecule has 1 fully saturated rings. The summed E-state index contributed by atoms with van der Waals surface area (Å²) >= 11 is 0. The Morgan fingerprint density at radius 3 is 2.46 bits per heavy atom. The quantitative estimate of drug-likeness (QED) is 0.436. The van der Waals surface area contributed by atoms with Gasteiger partial charge in [0.25, 0.3) is 0 Å². The van der Waals surface area contributed by atoms with Crippen LogP contribution in [0.2, 0.25) is 0 Å². The van der Waals surface area contributed by atoms with Crippen molar-refractivity contribution in [2.45, 2.75) is 25.0 Å². The third-order valence-corrected chi connectivity index (χ3v) is 2.64. The first-order valence-corrected chi connectivity index (χ1v) is 4.35. The summed E-state index contributed by atoms with van der Waals surface area (Å²) in [7, 11) is 0. The number of hydrogen-bond donors (Lipinski definition) is 4. The fraction of sp³-hybridized carbons (Fsp3) is 0.875. The maximum atomic E-state index is 10.6. The van der Waals surface area contributed by atoms with Gasteiger partial charge in [0.05, 0.1) is 18.1 Å². The molecule has 0 aromatic rings. The number of nitrogens with two attached hydrogens (primary N) is 1. The Morgan fingerprint density at radius 1 is 1.38 bits per heavy atom. The molecule has 0 radical (unpaired) electrons. The Morgan fingerprint density at radius 2 is 2.00 bits per heavy atom. The first-order valence-electron chi connectivity index (χ1n) is 4.35. The predicted molar refractivity (Wildman–Crippen MR) is 44.9 cm³/mol. The molecule has 76 valence electrons. The van der Waals surface area contributed by atoms with E-state index in [0.29, 0.717) is 6.42 Å². The number of carboxylic acids is 1. The highest BCUT2D eigenvalue weighted by Crippen LogP contribution is 2.29. The van der Waals surface area contributed by atoms with Crippen LogP contribution in [-0.4, -0.2) is 40.0 Å². The molecule has 0 bridgehead atoms. The van der Waals surface area contributed by atoms with Crippen molar-refractivity contribution in [3.8, 4) is 0 Å². The molecular weight excluding hydrogens is 174 g/mol. The second-order valence-corrected chi connectivity index (χ2v) is 3.56. The lowest BCUT2D eigenvalue weighted by Crippen LogP contribution is -2.45. The van der Waals surface area contributed by atoms with Crippen LogP contribution in [0.4, 0.5) is 0 Å². The zero-order valence-electron chi connectivity index (χ0n) is 7.26. The first kappa shape index (κ1) is 10.4. The van der Waals surface area contributed by atoms with E-state index in [4.69, 9.17) is 10.8 Å². The van der Waals surface area contributed by atoms with Gasteiger partial charge in [-0.3, -0.25) is 4.79 Å². The molecule has 4 atom stereocenters. The van der Waals surface area contributed by atoms with E-state index >= 15 is 0 Å². The van der Waals surface area contributed by atoms with Crippen LogP contribution in [0.3, 0.4) is 0 Å². The van der Waals surface area contributed by atoms with E-state index in [-0.39, 0.29) is 18.9 Å². The summed E-state index contributed by atoms with van der Waals surface area (Å²) in [5.41, 5.74) is 5.35. The maximum Gasteiger partial charge on any atom is 0.306 e. The van der Waals surface area contributed by atoms with Gasteiger partial charge in [0.15, 0.2) is 0 Å². The van der Waals surface area contributed by atoms with Crippen LogP contribution in [0.1, 0.15) is 12.8 Å². The van der Waals surface area contributed by atoms with Crippen molar-refractivity contribution in [1.29, 1.82) is 0 Å². The van der Waals surface area contributed by atoms with Gasteiger partial charge < -0.3 is 21.1 Å². The van der Waals surface area contributed by atoms with Crippen molar-refractivity contribution < 1.29 is 20.1 Å². The molecule has 1 aliphatic rings. The molecule has 5 nitrogen and oxygen atoms in total. The van der Waals surface area contributed by atoms with E-state index in [9.17, 15) is 15.0 Å². The minimum atomic E-state index is -0.955. The topological polar surface area (TPSA) is 104 Å². The Labute approximate surface area is 76.2 Å². The van der Waals surface area contributed by atoms with Gasteiger partial charge in [-0.15, -0.1) is 0 Å². The molecule has 0 unspecified atom stereocenters. The van der Waals surface area contributed by atoms with Crippen molar-refractivity contribution >= 4 is 5.97 Å². The van der Waals surface area contributed by atoms with Crippen molar-refractivity contribution in [2.24, 2.45) is 17.6 Å². The standard InChI is InChI=1S/C8H15NO4/c9-3-5-1-4(8(12)13)2-6(10)7(5)11/h4-7,10-11H,1-3,9H2,(H,12,13)/t4-,5-,6-,7-/m1/s1. The molecule has 0 aliphatic heterocycles. The number of carbonyl (C=O) groups is 1. The van der Waals surface area contributed by atoms with Crippen LogP contribution in [0.5, 0.6) is 0 Å². The SMILES string of the molecule is NC[C@H]1C[C@@H](C(=O)O)C[C@@H](O)[C@@H]1O. The smallest absolute Gasteiger partial charge is 0.306 e. The fourth-order valence-electron chi connectivity index (χ4n) is 1.78. The molecule has 0 aromatic carbocycles. The molecule has 0 spiro atoms. The number of rotatable bonds is 2. The van der Waals surface area contributed by atoms with Gasteiger partial charge in [0, 0.05) is 5.92 Å². The Bertz CT molecular complexity index is 197. The summed E-state index contributed by atoms with van der Waals surface area (Å²) in [6, 6.07) is 0. The molecule has 13 heavy (non-hydrogen) atoms. The third-order valence-electron chi connectivity index (χ3n) is 2.64. The Balaban J connectivity index is 2.63. The van der Waals surface area contributed by atoms with Gasteiger partial charge in [0.1, 0.15) is 0 Å². The van der Waals surface area contributed by atoms with Crippen LogP contribution in [0.25, 0.3) is 0 Å². The van der Waals surface area contributed by atoms with Crippen molar-refractivity contribution in [1.82, 2.24) is 0 Å². The Hall–Kier alpha value is -0.650.